The molecular weight excluding hydrogens is 514 g/mol. The topological polar surface area (TPSA) is 156 Å². The number of aromatic nitrogens is 1. The molecule has 2 heterocycles. The zero-order valence-corrected chi connectivity index (χ0v) is 21.4. The Kier molecular flexibility index (Phi) is 7.85. The van der Waals surface area contributed by atoms with E-state index in [4.69, 9.17) is 9.83 Å². The summed E-state index contributed by atoms with van der Waals surface area (Å²) >= 11 is 0. The lowest BCUT2D eigenvalue weighted by Crippen LogP contribution is -2.48. The van der Waals surface area contributed by atoms with Gasteiger partial charge in [0, 0.05) is 41.7 Å². The molecular formula is C29H27N5O6. The number of carboxylic acid groups (broad SMARTS) is 1. The third kappa shape index (κ3) is 6.01. The lowest BCUT2D eigenvalue weighted by Gasteiger charge is -2.25. The number of aliphatic imine (C=N–C) groups is 1. The minimum absolute atomic E-state index is 0.0271. The van der Waals surface area contributed by atoms with Crippen molar-refractivity contribution < 1.29 is 29.4 Å². The highest BCUT2D eigenvalue weighted by Crippen LogP contribution is 2.32. The van der Waals surface area contributed by atoms with Crippen LogP contribution in [0.2, 0.25) is 0 Å². The van der Waals surface area contributed by atoms with Gasteiger partial charge in [-0.15, -0.1) is 0 Å². The Morgan fingerprint density at radius 2 is 1.75 bits per heavy atom. The molecule has 40 heavy (non-hydrogen) atoms. The van der Waals surface area contributed by atoms with Crippen LogP contribution in [0.25, 0.3) is 10.9 Å². The van der Waals surface area contributed by atoms with Gasteiger partial charge in [0.1, 0.15) is 0 Å². The quantitative estimate of drug-likeness (QED) is 0.124. The Hall–Kier alpha value is -5.00. The largest absolute Gasteiger partial charge is 0.494 e. The second kappa shape index (κ2) is 11.8. The first-order chi connectivity index (χ1) is 19.4. The van der Waals surface area contributed by atoms with Crippen LogP contribution in [-0.4, -0.2) is 76.4 Å². The summed E-state index contributed by atoms with van der Waals surface area (Å²) in [6.07, 6.45) is 0. The van der Waals surface area contributed by atoms with E-state index in [2.05, 4.69) is 15.8 Å². The molecule has 3 aromatic carbocycles. The van der Waals surface area contributed by atoms with Crippen molar-refractivity contribution in [3.8, 4) is 5.88 Å². The second-order valence-corrected chi connectivity index (χ2v) is 9.19. The van der Waals surface area contributed by atoms with E-state index in [0.29, 0.717) is 53.1 Å². The SMILES string of the molecule is O=C1CN(CCONC(=O)c2ccc(N=C(c3ccccc3)c3c(O)[nH]c4cc(C(=O)O)ccc34)cc2)CCN1. The molecule has 0 bridgehead atoms. The zero-order valence-electron chi connectivity index (χ0n) is 21.4. The van der Waals surface area contributed by atoms with Crippen LogP contribution in [0.4, 0.5) is 5.69 Å². The summed E-state index contributed by atoms with van der Waals surface area (Å²) in [5.41, 5.74) is 5.52. The number of piperazine rings is 1. The van der Waals surface area contributed by atoms with E-state index in [-0.39, 0.29) is 24.0 Å². The number of aromatic carboxylic acids is 1. The molecule has 5 rings (SSSR count). The molecule has 0 saturated carbocycles. The number of aromatic hydroxyl groups is 1. The number of hydrogen-bond acceptors (Lipinski definition) is 7. The maximum atomic E-state index is 12.5. The van der Waals surface area contributed by atoms with Crippen LogP contribution in [0.5, 0.6) is 5.88 Å². The fourth-order valence-electron chi connectivity index (χ4n) is 4.47. The highest BCUT2D eigenvalue weighted by Gasteiger charge is 2.20. The number of fused-ring (bicyclic) bond motifs is 1. The number of rotatable bonds is 9. The van der Waals surface area contributed by atoms with E-state index in [0.717, 1.165) is 12.1 Å². The van der Waals surface area contributed by atoms with Crippen LogP contribution in [-0.2, 0) is 9.63 Å². The van der Waals surface area contributed by atoms with Gasteiger partial charge >= 0.3 is 5.97 Å². The predicted molar refractivity (Wildman–Crippen MR) is 148 cm³/mol. The average molecular weight is 542 g/mol. The summed E-state index contributed by atoms with van der Waals surface area (Å²) < 4.78 is 0. The number of carbonyl (C=O) groups excluding carboxylic acids is 2. The van der Waals surface area contributed by atoms with E-state index >= 15 is 0 Å². The first-order valence-corrected chi connectivity index (χ1v) is 12.6. The molecule has 1 aliphatic rings. The molecule has 1 saturated heterocycles. The average Bonchev–Trinajstić information content (AvgIpc) is 3.29. The summed E-state index contributed by atoms with van der Waals surface area (Å²) in [7, 11) is 0. The van der Waals surface area contributed by atoms with Crippen molar-refractivity contribution in [2.75, 3.05) is 32.8 Å². The molecule has 1 fully saturated rings. The molecule has 0 spiro atoms. The lowest BCUT2D eigenvalue weighted by atomic mass is 10.00. The molecule has 0 atom stereocenters. The van der Waals surface area contributed by atoms with Crippen molar-refractivity contribution >= 4 is 40.1 Å². The van der Waals surface area contributed by atoms with Gasteiger partial charge in [0.25, 0.3) is 5.91 Å². The number of nitrogens with zero attached hydrogens (tertiary/aromatic N) is 2. The Bertz CT molecular complexity index is 1580. The molecule has 1 aliphatic heterocycles. The summed E-state index contributed by atoms with van der Waals surface area (Å²) in [6, 6.07) is 20.5. The van der Waals surface area contributed by atoms with E-state index in [1.807, 2.05) is 35.2 Å². The monoisotopic (exact) mass is 541 g/mol. The molecule has 11 heteroatoms. The normalized spacial score (nSPS) is 14.2. The summed E-state index contributed by atoms with van der Waals surface area (Å²) in [6.45, 7) is 2.39. The van der Waals surface area contributed by atoms with Gasteiger partial charge in [-0.2, -0.15) is 0 Å². The van der Waals surface area contributed by atoms with Crippen molar-refractivity contribution in [1.29, 1.82) is 0 Å². The number of carboxylic acids is 1. The first-order valence-electron chi connectivity index (χ1n) is 12.6. The minimum atomic E-state index is -1.07. The van der Waals surface area contributed by atoms with E-state index in [1.165, 1.54) is 12.1 Å². The van der Waals surface area contributed by atoms with Gasteiger partial charge < -0.3 is 20.5 Å². The number of hydrogen-bond donors (Lipinski definition) is 5. The molecule has 4 aromatic rings. The summed E-state index contributed by atoms with van der Waals surface area (Å²) in [5, 5.41) is 23.5. The number of hydroxylamine groups is 1. The first kappa shape index (κ1) is 26.6. The van der Waals surface area contributed by atoms with Gasteiger partial charge in [-0.05, 0) is 36.4 Å². The highest BCUT2D eigenvalue weighted by molar-refractivity contribution is 6.22. The molecule has 0 radical (unpaired) electrons. The van der Waals surface area contributed by atoms with Crippen molar-refractivity contribution in [3.63, 3.8) is 0 Å². The molecule has 204 valence electrons. The third-order valence-corrected chi connectivity index (χ3v) is 6.47. The van der Waals surface area contributed by atoms with Crippen LogP contribution in [0.1, 0.15) is 31.8 Å². The van der Waals surface area contributed by atoms with Gasteiger partial charge in [-0.3, -0.25) is 19.3 Å². The van der Waals surface area contributed by atoms with Crippen molar-refractivity contribution in [2.24, 2.45) is 4.99 Å². The maximum Gasteiger partial charge on any atom is 0.335 e. The second-order valence-electron chi connectivity index (χ2n) is 9.19. The number of nitrogens with one attached hydrogen (secondary N) is 3. The number of H-pyrrole nitrogens is 1. The number of aromatic amines is 1. The number of benzene rings is 3. The fraction of sp³-hybridized carbons (Fsp3) is 0.172. The molecule has 0 unspecified atom stereocenters. The van der Waals surface area contributed by atoms with E-state index < -0.39 is 11.9 Å². The summed E-state index contributed by atoms with van der Waals surface area (Å²) in [4.78, 5) is 50.3. The summed E-state index contributed by atoms with van der Waals surface area (Å²) in [5.74, 6) is -1.65. The predicted octanol–water partition coefficient (Wildman–Crippen LogP) is 2.83. The zero-order chi connectivity index (χ0) is 28.1. The Morgan fingerprint density at radius 1 is 1.00 bits per heavy atom. The molecule has 0 aliphatic carbocycles. The fourth-order valence-corrected chi connectivity index (χ4v) is 4.47. The van der Waals surface area contributed by atoms with Gasteiger partial charge in [0.2, 0.25) is 5.91 Å². The molecule has 2 amide bonds. The molecule has 11 nitrogen and oxygen atoms in total. The van der Waals surface area contributed by atoms with Gasteiger partial charge in [-0.25, -0.2) is 15.3 Å². The van der Waals surface area contributed by atoms with E-state index in [9.17, 15) is 24.6 Å². The van der Waals surface area contributed by atoms with Crippen LogP contribution in [0, 0.1) is 0 Å². The van der Waals surface area contributed by atoms with Crippen molar-refractivity contribution in [1.82, 2.24) is 20.7 Å². The van der Waals surface area contributed by atoms with E-state index in [1.54, 1.807) is 30.3 Å². The maximum absolute atomic E-state index is 12.5. The third-order valence-electron chi connectivity index (χ3n) is 6.47. The van der Waals surface area contributed by atoms with Crippen LogP contribution < -0.4 is 10.8 Å². The molecule has 5 N–H and O–H groups in total. The number of amides is 2. The Labute approximate surface area is 229 Å². The van der Waals surface area contributed by atoms with Crippen molar-refractivity contribution in [2.45, 2.75) is 0 Å². The van der Waals surface area contributed by atoms with Crippen LogP contribution >= 0.6 is 0 Å². The van der Waals surface area contributed by atoms with Crippen LogP contribution in [0.3, 0.4) is 0 Å². The van der Waals surface area contributed by atoms with Gasteiger partial charge in [0.05, 0.1) is 35.7 Å². The molecule has 1 aromatic heterocycles. The highest BCUT2D eigenvalue weighted by atomic mass is 16.7. The standard InChI is InChI=1S/C29H27N5O6/c35-24-17-34(13-12-30-24)14-15-40-33-27(36)19-6-9-21(10-7-19)31-26(18-4-2-1-3-5-18)25-22-11-8-20(29(38)39)16-23(22)32-28(25)37/h1-11,16,32,37H,12-15,17H2,(H,30,35)(H,33,36)(H,38,39). The number of carbonyl (C=O) groups is 3. The van der Waals surface area contributed by atoms with Crippen LogP contribution in [0.15, 0.2) is 77.8 Å². The van der Waals surface area contributed by atoms with Gasteiger partial charge in [0.15, 0.2) is 5.88 Å². The minimum Gasteiger partial charge on any atom is -0.494 e. The Morgan fingerprint density at radius 3 is 2.48 bits per heavy atom. The smallest absolute Gasteiger partial charge is 0.335 e. The lowest BCUT2D eigenvalue weighted by molar-refractivity contribution is -0.124. The van der Waals surface area contributed by atoms with Crippen molar-refractivity contribution in [3.05, 3.63) is 95.1 Å². The Balaban J connectivity index is 1.34. The van der Waals surface area contributed by atoms with Gasteiger partial charge in [-0.1, -0.05) is 36.4 Å².